The molecule has 8 heteroatoms. The summed E-state index contributed by atoms with van der Waals surface area (Å²) in [5.41, 5.74) is 1.44. The number of nitrogens with zero attached hydrogens (tertiary/aromatic N) is 1. The molecule has 0 aliphatic rings. The summed E-state index contributed by atoms with van der Waals surface area (Å²) in [4.78, 5) is 15.6. The molecule has 174 valence electrons. The number of anilines is 1. The lowest BCUT2D eigenvalue weighted by Gasteiger charge is -2.15. The van der Waals surface area contributed by atoms with Crippen molar-refractivity contribution >= 4 is 17.6 Å². The molecule has 1 atom stereocenters. The highest BCUT2D eigenvalue weighted by molar-refractivity contribution is 5.88. The van der Waals surface area contributed by atoms with Gasteiger partial charge in [0.25, 0.3) is 0 Å². The van der Waals surface area contributed by atoms with Gasteiger partial charge in [-0.05, 0) is 50.6 Å². The molecule has 4 N–H and O–H groups in total. The second-order valence-electron chi connectivity index (χ2n) is 7.46. The van der Waals surface area contributed by atoms with Crippen molar-refractivity contribution in [1.29, 1.82) is 0 Å². The van der Waals surface area contributed by atoms with E-state index in [-0.39, 0.29) is 18.6 Å². The van der Waals surface area contributed by atoms with Crippen molar-refractivity contribution in [3.63, 3.8) is 0 Å². The predicted octanol–water partition coefficient (Wildman–Crippen LogP) is 3.10. The summed E-state index contributed by atoms with van der Waals surface area (Å²) in [5.74, 6) is 1.86. The Bertz CT molecular complexity index is 886. The Morgan fingerprint density at radius 3 is 2.56 bits per heavy atom. The van der Waals surface area contributed by atoms with E-state index in [2.05, 4.69) is 20.9 Å². The van der Waals surface area contributed by atoms with E-state index in [4.69, 9.17) is 9.47 Å². The molecule has 0 aromatic heterocycles. The molecular weight excluding hydrogens is 408 g/mol. The highest BCUT2D eigenvalue weighted by atomic mass is 16.5. The molecule has 2 rings (SSSR count). The Hall–Kier alpha value is -3.26. The van der Waals surface area contributed by atoms with Crippen LogP contribution in [0.3, 0.4) is 0 Å². The van der Waals surface area contributed by atoms with E-state index in [0.717, 1.165) is 11.3 Å². The van der Waals surface area contributed by atoms with Gasteiger partial charge in [0.2, 0.25) is 5.91 Å². The van der Waals surface area contributed by atoms with Gasteiger partial charge in [-0.3, -0.25) is 9.79 Å². The van der Waals surface area contributed by atoms with Crippen molar-refractivity contribution in [2.45, 2.75) is 39.9 Å². The zero-order valence-corrected chi connectivity index (χ0v) is 19.2. The maximum atomic E-state index is 11.2. The van der Waals surface area contributed by atoms with Crippen LogP contribution in [0.5, 0.6) is 11.5 Å². The molecule has 0 aliphatic carbocycles. The number of carbonyl (C=O) groups is 1. The number of carbonyl (C=O) groups excluding carboxylic acids is 1. The number of guanidine groups is 1. The molecule has 0 heterocycles. The SMILES string of the molecule is CCNC(=NCC(O)c1cccc(OC(C)C)c1)NCCOc1cccc(NC(C)=O)c1. The number of amides is 1. The van der Waals surface area contributed by atoms with Crippen molar-refractivity contribution in [2.75, 3.05) is 31.6 Å². The van der Waals surface area contributed by atoms with Crippen molar-refractivity contribution in [1.82, 2.24) is 10.6 Å². The molecule has 2 aromatic carbocycles. The fourth-order valence-corrected chi connectivity index (χ4v) is 2.90. The number of aliphatic imine (C=N–C) groups is 1. The molecule has 1 unspecified atom stereocenters. The van der Waals surface area contributed by atoms with E-state index in [1.54, 1.807) is 12.1 Å². The zero-order chi connectivity index (χ0) is 23.3. The molecule has 0 radical (unpaired) electrons. The van der Waals surface area contributed by atoms with Crippen molar-refractivity contribution in [3.05, 3.63) is 54.1 Å². The van der Waals surface area contributed by atoms with Crippen LogP contribution in [0.15, 0.2) is 53.5 Å². The van der Waals surface area contributed by atoms with E-state index in [0.29, 0.717) is 37.1 Å². The van der Waals surface area contributed by atoms with Gasteiger partial charge in [-0.1, -0.05) is 18.2 Å². The van der Waals surface area contributed by atoms with Gasteiger partial charge in [-0.2, -0.15) is 0 Å². The maximum Gasteiger partial charge on any atom is 0.221 e. The Morgan fingerprint density at radius 1 is 1.09 bits per heavy atom. The average molecular weight is 443 g/mol. The van der Waals surface area contributed by atoms with E-state index < -0.39 is 6.10 Å². The first kappa shape index (κ1) is 25.0. The Morgan fingerprint density at radius 2 is 1.84 bits per heavy atom. The molecule has 0 aliphatic heterocycles. The largest absolute Gasteiger partial charge is 0.492 e. The molecule has 0 fully saturated rings. The van der Waals surface area contributed by atoms with Gasteiger partial charge in [-0.15, -0.1) is 0 Å². The summed E-state index contributed by atoms with van der Waals surface area (Å²) >= 11 is 0. The molecule has 0 spiro atoms. The van der Waals surface area contributed by atoms with Crippen LogP contribution in [0, 0.1) is 0 Å². The van der Waals surface area contributed by atoms with Crippen molar-refractivity contribution in [2.24, 2.45) is 4.99 Å². The number of aliphatic hydroxyl groups excluding tert-OH is 1. The number of nitrogens with one attached hydrogen (secondary N) is 3. The second kappa shape index (κ2) is 13.2. The fourth-order valence-electron chi connectivity index (χ4n) is 2.90. The summed E-state index contributed by atoms with van der Waals surface area (Å²) in [6, 6.07) is 14.7. The lowest BCUT2D eigenvalue weighted by Crippen LogP contribution is -2.39. The van der Waals surface area contributed by atoms with E-state index in [1.165, 1.54) is 6.92 Å². The summed E-state index contributed by atoms with van der Waals surface area (Å²) in [5, 5.41) is 19.6. The molecule has 2 aromatic rings. The summed E-state index contributed by atoms with van der Waals surface area (Å²) < 4.78 is 11.4. The molecule has 1 amide bonds. The Labute approximate surface area is 190 Å². The van der Waals surface area contributed by atoms with Crippen molar-refractivity contribution < 1.29 is 19.4 Å². The minimum atomic E-state index is -0.742. The number of ether oxygens (including phenoxy) is 2. The van der Waals surface area contributed by atoms with E-state index >= 15 is 0 Å². The third-order valence-corrected chi connectivity index (χ3v) is 4.20. The highest BCUT2D eigenvalue weighted by Gasteiger charge is 2.09. The van der Waals surface area contributed by atoms with Crippen LogP contribution in [0.2, 0.25) is 0 Å². The Kier molecular flexibility index (Phi) is 10.3. The number of rotatable bonds is 11. The lowest BCUT2D eigenvalue weighted by atomic mass is 10.1. The van der Waals surface area contributed by atoms with Crippen LogP contribution >= 0.6 is 0 Å². The van der Waals surface area contributed by atoms with Gasteiger partial charge in [0.1, 0.15) is 18.1 Å². The third-order valence-electron chi connectivity index (χ3n) is 4.20. The normalized spacial score (nSPS) is 12.2. The summed E-state index contributed by atoms with van der Waals surface area (Å²) in [6.07, 6.45) is -0.672. The van der Waals surface area contributed by atoms with Crippen molar-refractivity contribution in [3.8, 4) is 11.5 Å². The van der Waals surface area contributed by atoms with Crippen LogP contribution in [-0.4, -0.2) is 49.3 Å². The van der Waals surface area contributed by atoms with Gasteiger partial charge in [0.15, 0.2) is 5.96 Å². The minimum Gasteiger partial charge on any atom is -0.492 e. The zero-order valence-electron chi connectivity index (χ0n) is 19.2. The molecule has 8 nitrogen and oxygen atoms in total. The molecule has 0 saturated carbocycles. The molecule has 0 saturated heterocycles. The van der Waals surface area contributed by atoms with Gasteiger partial charge >= 0.3 is 0 Å². The lowest BCUT2D eigenvalue weighted by molar-refractivity contribution is -0.114. The topological polar surface area (TPSA) is 104 Å². The number of hydrogen-bond donors (Lipinski definition) is 4. The first-order chi connectivity index (χ1) is 15.4. The molecular formula is C24H34N4O4. The summed E-state index contributed by atoms with van der Waals surface area (Å²) in [7, 11) is 0. The monoisotopic (exact) mass is 442 g/mol. The van der Waals surface area contributed by atoms with Crippen LogP contribution < -0.4 is 25.4 Å². The van der Waals surface area contributed by atoms with E-state index in [9.17, 15) is 9.90 Å². The van der Waals surface area contributed by atoms with Gasteiger partial charge in [0, 0.05) is 25.2 Å². The number of aliphatic hydroxyl groups is 1. The third kappa shape index (κ3) is 9.26. The van der Waals surface area contributed by atoms with Crippen LogP contribution in [0.1, 0.15) is 39.4 Å². The van der Waals surface area contributed by atoms with Crippen LogP contribution in [-0.2, 0) is 4.79 Å². The predicted molar refractivity (Wildman–Crippen MR) is 127 cm³/mol. The maximum absolute atomic E-state index is 11.2. The smallest absolute Gasteiger partial charge is 0.221 e. The molecule has 0 bridgehead atoms. The second-order valence-corrected chi connectivity index (χ2v) is 7.46. The van der Waals surface area contributed by atoms with E-state index in [1.807, 2.05) is 57.2 Å². The van der Waals surface area contributed by atoms with Gasteiger partial charge in [0.05, 0.1) is 25.3 Å². The molecule has 32 heavy (non-hydrogen) atoms. The quantitative estimate of drug-likeness (QED) is 0.242. The first-order valence-electron chi connectivity index (χ1n) is 10.8. The van der Waals surface area contributed by atoms with Gasteiger partial charge in [-0.25, -0.2) is 0 Å². The first-order valence-corrected chi connectivity index (χ1v) is 10.8. The number of hydrogen-bond acceptors (Lipinski definition) is 5. The Balaban J connectivity index is 1.85. The fraction of sp³-hybridized carbons (Fsp3) is 0.417. The highest BCUT2D eigenvalue weighted by Crippen LogP contribution is 2.20. The average Bonchev–Trinajstić information content (AvgIpc) is 2.74. The standard InChI is InChI=1S/C24H34N4O4/c1-5-25-24(26-12-13-31-21-10-7-9-20(15-21)28-18(4)29)27-16-23(30)19-8-6-11-22(14-19)32-17(2)3/h6-11,14-15,17,23,30H,5,12-13,16H2,1-4H3,(H,28,29)(H2,25,26,27). The van der Waals surface area contributed by atoms with Gasteiger partial charge < -0.3 is 30.5 Å². The number of benzene rings is 2. The van der Waals surface area contributed by atoms with Crippen LogP contribution in [0.25, 0.3) is 0 Å². The summed E-state index contributed by atoms with van der Waals surface area (Å²) in [6.45, 7) is 9.20. The minimum absolute atomic E-state index is 0.0695. The van der Waals surface area contributed by atoms with Crippen LogP contribution in [0.4, 0.5) is 5.69 Å².